The second-order valence-corrected chi connectivity index (χ2v) is 5.88. The minimum absolute atomic E-state index is 0.476. The van der Waals surface area contributed by atoms with E-state index in [1.165, 1.54) is 11.3 Å². The van der Waals surface area contributed by atoms with E-state index in [9.17, 15) is 0 Å². The van der Waals surface area contributed by atoms with Gasteiger partial charge in [-0.3, -0.25) is 0 Å². The number of halogens is 1. The predicted molar refractivity (Wildman–Crippen MR) is 81.2 cm³/mol. The molecule has 1 N–H and O–H groups in total. The fourth-order valence-electron chi connectivity index (χ4n) is 1.98. The average molecular weight is 325 g/mol. The van der Waals surface area contributed by atoms with Crippen LogP contribution in [-0.4, -0.2) is 18.1 Å². The fourth-order valence-corrected chi connectivity index (χ4v) is 2.97. The highest BCUT2D eigenvalue weighted by molar-refractivity contribution is 9.10. The van der Waals surface area contributed by atoms with Crippen LogP contribution in [-0.2, 0) is 6.42 Å². The number of benzene rings is 1. The third-order valence-electron chi connectivity index (χ3n) is 2.90. The molecular formula is C14H17BrN2S. The zero-order chi connectivity index (χ0) is 12.8. The van der Waals surface area contributed by atoms with Crippen LogP contribution >= 0.6 is 27.3 Å². The van der Waals surface area contributed by atoms with Gasteiger partial charge in [0.15, 0.2) is 0 Å². The van der Waals surface area contributed by atoms with Crippen molar-refractivity contribution in [2.45, 2.75) is 19.3 Å². The standard InChI is InChI=1S/C14H17BrN2S/c1-2-16-8-12(7-14-9-18-10-17-14)11-4-3-5-13(15)6-11/h3-6,9-10,12,16H,2,7-8H2,1H3. The van der Waals surface area contributed by atoms with Gasteiger partial charge in [0.05, 0.1) is 11.2 Å². The molecule has 0 saturated heterocycles. The lowest BCUT2D eigenvalue weighted by molar-refractivity contribution is 0.590. The third-order valence-corrected chi connectivity index (χ3v) is 4.03. The summed E-state index contributed by atoms with van der Waals surface area (Å²) < 4.78 is 1.14. The molecule has 0 fully saturated rings. The van der Waals surface area contributed by atoms with Crippen LogP contribution in [0.5, 0.6) is 0 Å². The maximum Gasteiger partial charge on any atom is 0.0794 e. The quantitative estimate of drug-likeness (QED) is 0.873. The van der Waals surface area contributed by atoms with Crippen LogP contribution in [0.1, 0.15) is 24.1 Å². The van der Waals surface area contributed by atoms with Crippen LogP contribution in [0.3, 0.4) is 0 Å². The first-order valence-corrected chi connectivity index (χ1v) is 7.86. The first-order chi connectivity index (χ1) is 8.79. The molecule has 2 aromatic rings. The zero-order valence-electron chi connectivity index (χ0n) is 10.4. The molecule has 1 aromatic heterocycles. The monoisotopic (exact) mass is 324 g/mol. The molecule has 0 aliphatic carbocycles. The van der Waals surface area contributed by atoms with Crippen LogP contribution in [0.15, 0.2) is 39.6 Å². The zero-order valence-corrected chi connectivity index (χ0v) is 12.8. The number of nitrogens with one attached hydrogen (secondary N) is 1. The summed E-state index contributed by atoms with van der Waals surface area (Å²) in [6.45, 7) is 4.13. The first-order valence-electron chi connectivity index (χ1n) is 6.13. The van der Waals surface area contributed by atoms with Crippen molar-refractivity contribution in [1.82, 2.24) is 10.3 Å². The van der Waals surface area contributed by atoms with Crippen molar-refractivity contribution >= 4 is 27.3 Å². The van der Waals surface area contributed by atoms with Crippen molar-refractivity contribution in [1.29, 1.82) is 0 Å². The molecule has 96 valence electrons. The lowest BCUT2D eigenvalue weighted by atomic mass is 9.94. The van der Waals surface area contributed by atoms with Crippen LogP contribution in [0.4, 0.5) is 0 Å². The molecule has 0 bridgehead atoms. The first kappa shape index (κ1) is 13.7. The largest absolute Gasteiger partial charge is 0.316 e. The Balaban J connectivity index is 2.13. The van der Waals surface area contributed by atoms with Gasteiger partial charge in [0, 0.05) is 22.3 Å². The van der Waals surface area contributed by atoms with Gasteiger partial charge in [0.2, 0.25) is 0 Å². The topological polar surface area (TPSA) is 24.9 Å². The number of likely N-dealkylation sites (N-methyl/N-ethyl adjacent to an activating group) is 1. The van der Waals surface area contributed by atoms with Gasteiger partial charge in [-0.1, -0.05) is 35.0 Å². The summed E-state index contributed by atoms with van der Waals surface area (Å²) in [4.78, 5) is 4.39. The number of nitrogens with zero attached hydrogens (tertiary/aromatic N) is 1. The highest BCUT2D eigenvalue weighted by Gasteiger charge is 2.13. The number of aromatic nitrogens is 1. The van der Waals surface area contributed by atoms with Gasteiger partial charge in [-0.2, -0.15) is 0 Å². The Bertz CT molecular complexity index is 470. The van der Waals surface area contributed by atoms with E-state index < -0.39 is 0 Å². The molecule has 0 aliphatic rings. The van der Waals surface area contributed by atoms with Crippen LogP contribution in [0.2, 0.25) is 0 Å². The molecule has 1 heterocycles. The Morgan fingerprint density at radius 2 is 2.33 bits per heavy atom. The van der Waals surface area contributed by atoms with Gasteiger partial charge >= 0.3 is 0 Å². The molecular weight excluding hydrogens is 308 g/mol. The Labute approximate surface area is 121 Å². The van der Waals surface area contributed by atoms with Crippen LogP contribution in [0.25, 0.3) is 0 Å². The van der Waals surface area contributed by atoms with Crippen molar-refractivity contribution in [2.24, 2.45) is 0 Å². The molecule has 1 atom stereocenters. The van der Waals surface area contributed by atoms with E-state index in [0.717, 1.165) is 24.0 Å². The van der Waals surface area contributed by atoms with Gasteiger partial charge in [0.1, 0.15) is 0 Å². The second-order valence-electron chi connectivity index (χ2n) is 4.24. The molecule has 0 spiro atoms. The Morgan fingerprint density at radius 3 is 3.00 bits per heavy atom. The van der Waals surface area contributed by atoms with E-state index in [-0.39, 0.29) is 0 Å². The van der Waals surface area contributed by atoms with E-state index in [4.69, 9.17) is 0 Å². The molecule has 2 rings (SSSR count). The number of rotatable bonds is 6. The van der Waals surface area contributed by atoms with E-state index in [1.54, 1.807) is 11.3 Å². The van der Waals surface area contributed by atoms with Gasteiger partial charge in [-0.25, -0.2) is 4.98 Å². The fraction of sp³-hybridized carbons (Fsp3) is 0.357. The van der Waals surface area contributed by atoms with Crippen molar-refractivity contribution in [3.05, 3.63) is 50.9 Å². The Hall–Kier alpha value is -0.710. The predicted octanol–water partition coefficient (Wildman–Crippen LogP) is 3.84. The van der Waals surface area contributed by atoms with E-state index in [0.29, 0.717) is 5.92 Å². The molecule has 0 amide bonds. The minimum Gasteiger partial charge on any atom is -0.316 e. The normalized spacial score (nSPS) is 12.6. The average Bonchev–Trinajstić information content (AvgIpc) is 2.87. The highest BCUT2D eigenvalue weighted by atomic mass is 79.9. The lowest BCUT2D eigenvalue weighted by Gasteiger charge is -2.17. The Morgan fingerprint density at radius 1 is 1.44 bits per heavy atom. The van der Waals surface area contributed by atoms with Crippen LogP contribution in [0, 0.1) is 0 Å². The van der Waals surface area contributed by atoms with Crippen molar-refractivity contribution < 1.29 is 0 Å². The number of thiazole rings is 1. The summed E-state index contributed by atoms with van der Waals surface area (Å²) in [7, 11) is 0. The SMILES string of the molecule is CCNCC(Cc1cscn1)c1cccc(Br)c1. The molecule has 1 unspecified atom stereocenters. The Kier molecular flexibility index (Phi) is 5.35. The van der Waals surface area contributed by atoms with Crippen molar-refractivity contribution in [3.63, 3.8) is 0 Å². The van der Waals surface area contributed by atoms with Gasteiger partial charge in [-0.05, 0) is 30.7 Å². The van der Waals surface area contributed by atoms with E-state index in [1.807, 2.05) is 5.51 Å². The van der Waals surface area contributed by atoms with Crippen LogP contribution < -0.4 is 5.32 Å². The second kappa shape index (κ2) is 7.02. The van der Waals surface area contributed by atoms with Gasteiger partial charge < -0.3 is 5.32 Å². The smallest absolute Gasteiger partial charge is 0.0794 e. The molecule has 2 nitrogen and oxygen atoms in total. The van der Waals surface area contributed by atoms with Crippen molar-refractivity contribution in [2.75, 3.05) is 13.1 Å². The molecule has 4 heteroatoms. The van der Waals surface area contributed by atoms with E-state index >= 15 is 0 Å². The minimum atomic E-state index is 0.476. The molecule has 0 aliphatic heterocycles. The molecule has 0 radical (unpaired) electrons. The lowest BCUT2D eigenvalue weighted by Crippen LogP contribution is -2.22. The van der Waals surface area contributed by atoms with Gasteiger partial charge in [0.25, 0.3) is 0 Å². The maximum atomic E-state index is 4.39. The molecule has 0 saturated carbocycles. The summed E-state index contributed by atoms with van der Waals surface area (Å²) in [6, 6.07) is 8.56. The summed E-state index contributed by atoms with van der Waals surface area (Å²) in [6.07, 6.45) is 0.993. The summed E-state index contributed by atoms with van der Waals surface area (Å²) in [5.41, 5.74) is 4.45. The number of hydrogen-bond donors (Lipinski definition) is 1. The van der Waals surface area contributed by atoms with Crippen molar-refractivity contribution in [3.8, 4) is 0 Å². The molecule has 1 aromatic carbocycles. The molecule has 18 heavy (non-hydrogen) atoms. The summed E-state index contributed by atoms with van der Waals surface area (Å²) in [5.74, 6) is 0.476. The maximum absolute atomic E-state index is 4.39. The third kappa shape index (κ3) is 3.90. The summed E-state index contributed by atoms with van der Waals surface area (Å²) in [5, 5.41) is 5.57. The van der Waals surface area contributed by atoms with E-state index in [2.05, 4.69) is 62.8 Å². The number of hydrogen-bond acceptors (Lipinski definition) is 3. The van der Waals surface area contributed by atoms with Gasteiger partial charge in [-0.15, -0.1) is 11.3 Å². The summed E-state index contributed by atoms with van der Waals surface area (Å²) >= 11 is 5.21. The highest BCUT2D eigenvalue weighted by Crippen LogP contribution is 2.23.